The number of nitrogens with one attached hydrogen (secondary N) is 1. The molecule has 1 saturated heterocycles. The Hall–Kier alpha value is -0.990. The minimum Gasteiger partial charge on any atom is -0.480 e. The molecular formula is C6H9NO2. The molecule has 1 fully saturated rings. The van der Waals surface area contributed by atoms with Gasteiger partial charge in [0.2, 0.25) is 0 Å². The molecule has 0 radical (unpaired) electrons. The van der Waals surface area contributed by atoms with Crippen LogP contribution in [0, 0.1) is 0 Å². The van der Waals surface area contributed by atoms with E-state index in [4.69, 9.17) is 5.11 Å². The highest BCUT2D eigenvalue weighted by atomic mass is 16.4. The minimum atomic E-state index is -0.784. The van der Waals surface area contributed by atoms with Gasteiger partial charge in [0.25, 0.3) is 0 Å². The highest BCUT2D eigenvalue weighted by Gasteiger charge is 2.22. The van der Waals surface area contributed by atoms with E-state index in [0.717, 1.165) is 12.1 Å². The lowest BCUT2D eigenvalue weighted by Gasteiger charge is -2.02. The Morgan fingerprint density at radius 1 is 1.89 bits per heavy atom. The first-order valence-electron chi connectivity index (χ1n) is 2.87. The lowest BCUT2D eigenvalue weighted by molar-refractivity contribution is -0.138. The number of allylic oxidation sites excluding steroid dienone is 1. The van der Waals surface area contributed by atoms with Crippen LogP contribution < -0.4 is 5.32 Å². The number of aliphatic carboxylic acids is 1. The average Bonchev–Trinajstić information content (AvgIpc) is 2.14. The summed E-state index contributed by atoms with van der Waals surface area (Å²) >= 11 is 0. The largest absolute Gasteiger partial charge is 0.480 e. The molecule has 50 valence electrons. The van der Waals surface area contributed by atoms with Gasteiger partial charge in [-0.1, -0.05) is 6.58 Å². The van der Waals surface area contributed by atoms with Crippen LogP contribution in [-0.2, 0) is 4.79 Å². The molecule has 1 aliphatic heterocycles. The SMILES string of the molecule is C=C1CCC(C(=O)O)N1. The van der Waals surface area contributed by atoms with Gasteiger partial charge in [-0.25, -0.2) is 4.79 Å². The van der Waals surface area contributed by atoms with Crippen molar-refractivity contribution in [1.82, 2.24) is 5.32 Å². The zero-order valence-electron chi connectivity index (χ0n) is 5.05. The molecule has 0 aromatic rings. The molecule has 0 aromatic carbocycles. The van der Waals surface area contributed by atoms with Crippen LogP contribution in [-0.4, -0.2) is 17.1 Å². The van der Waals surface area contributed by atoms with Crippen LogP contribution in [0.15, 0.2) is 12.3 Å². The Morgan fingerprint density at radius 2 is 2.56 bits per heavy atom. The normalized spacial score (nSPS) is 25.8. The van der Waals surface area contributed by atoms with Crippen molar-refractivity contribution in [2.24, 2.45) is 0 Å². The molecular weight excluding hydrogens is 118 g/mol. The average molecular weight is 127 g/mol. The zero-order chi connectivity index (χ0) is 6.85. The van der Waals surface area contributed by atoms with Crippen LogP contribution in [0.1, 0.15) is 12.8 Å². The van der Waals surface area contributed by atoms with E-state index in [1.54, 1.807) is 0 Å². The summed E-state index contributed by atoms with van der Waals surface area (Å²) in [6.45, 7) is 3.61. The predicted octanol–water partition coefficient (Wildman–Crippen LogP) is 0.337. The maximum Gasteiger partial charge on any atom is 0.326 e. The molecule has 0 amide bonds. The van der Waals surface area contributed by atoms with E-state index in [1.165, 1.54) is 0 Å². The monoisotopic (exact) mass is 127 g/mol. The van der Waals surface area contributed by atoms with Gasteiger partial charge in [-0.2, -0.15) is 0 Å². The first-order chi connectivity index (χ1) is 4.20. The van der Waals surface area contributed by atoms with Crippen LogP contribution in [0.4, 0.5) is 0 Å². The molecule has 3 heteroatoms. The van der Waals surface area contributed by atoms with E-state index in [0.29, 0.717) is 6.42 Å². The number of carboxylic acid groups (broad SMARTS) is 1. The third-order valence-electron chi connectivity index (χ3n) is 1.41. The summed E-state index contributed by atoms with van der Waals surface area (Å²) in [5.41, 5.74) is 0.836. The second kappa shape index (κ2) is 2.09. The summed E-state index contributed by atoms with van der Waals surface area (Å²) in [6.07, 6.45) is 1.46. The van der Waals surface area contributed by atoms with E-state index in [2.05, 4.69) is 11.9 Å². The molecule has 0 spiro atoms. The standard InChI is InChI=1S/C6H9NO2/c1-4-2-3-5(7-4)6(8)9/h5,7H,1-3H2,(H,8,9). The number of carbonyl (C=O) groups is 1. The van der Waals surface area contributed by atoms with Crippen LogP contribution >= 0.6 is 0 Å². The second-order valence-corrected chi connectivity index (χ2v) is 2.18. The van der Waals surface area contributed by atoms with Gasteiger partial charge in [-0.3, -0.25) is 0 Å². The van der Waals surface area contributed by atoms with E-state index in [-0.39, 0.29) is 0 Å². The molecule has 1 aliphatic rings. The fourth-order valence-electron chi connectivity index (χ4n) is 0.895. The van der Waals surface area contributed by atoms with Crippen molar-refractivity contribution in [2.45, 2.75) is 18.9 Å². The molecule has 9 heavy (non-hydrogen) atoms. The van der Waals surface area contributed by atoms with Crippen LogP contribution in [0.2, 0.25) is 0 Å². The van der Waals surface area contributed by atoms with Crippen LogP contribution in [0.3, 0.4) is 0 Å². The Morgan fingerprint density at radius 3 is 2.78 bits per heavy atom. The third kappa shape index (κ3) is 1.22. The number of rotatable bonds is 1. The molecule has 0 bridgehead atoms. The molecule has 1 rings (SSSR count). The topological polar surface area (TPSA) is 49.3 Å². The van der Waals surface area contributed by atoms with Gasteiger partial charge in [-0.05, 0) is 12.8 Å². The summed E-state index contributed by atoms with van der Waals surface area (Å²) < 4.78 is 0. The molecule has 0 saturated carbocycles. The van der Waals surface area contributed by atoms with Gasteiger partial charge < -0.3 is 10.4 Å². The Bertz CT molecular complexity index is 153. The van der Waals surface area contributed by atoms with Gasteiger partial charge in [-0.15, -0.1) is 0 Å². The number of carboxylic acids is 1. The van der Waals surface area contributed by atoms with Crippen LogP contribution in [0.25, 0.3) is 0 Å². The van der Waals surface area contributed by atoms with Crippen molar-refractivity contribution in [3.05, 3.63) is 12.3 Å². The Balaban J connectivity index is 2.48. The fraction of sp³-hybridized carbons (Fsp3) is 0.500. The molecule has 3 nitrogen and oxygen atoms in total. The van der Waals surface area contributed by atoms with Crippen molar-refractivity contribution in [1.29, 1.82) is 0 Å². The van der Waals surface area contributed by atoms with Gasteiger partial charge in [0.15, 0.2) is 0 Å². The highest BCUT2D eigenvalue weighted by Crippen LogP contribution is 2.12. The summed E-state index contributed by atoms with van der Waals surface area (Å²) in [4.78, 5) is 10.2. The Kier molecular flexibility index (Phi) is 1.42. The predicted molar refractivity (Wildman–Crippen MR) is 32.9 cm³/mol. The van der Waals surface area contributed by atoms with Gasteiger partial charge in [0.1, 0.15) is 6.04 Å². The van der Waals surface area contributed by atoms with Crippen LogP contribution in [0.5, 0.6) is 0 Å². The first kappa shape index (κ1) is 6.13. The quantitative estimate of drug-likeness (QED) is 0.534. The number of hydrogen-bond donors (Lipinski definition) is 2. The molecule has 1 atom stereocenters. The van der Waals surface area contributed by atoms with E-state index in [9.17, 15) is 4.79 Å². The first-order valence-corrected chi connectivity index (χ1v) is 2.87. The minimum absolute atomic E-state index is 0.391. The molecule has 0 aromatic heterocycles. The van der Waals surface area contributed by atoms with Gasteiger partial charge in [0.05, 0.1) is 0 Å². The lowest BCUT2D eigenvalue weighted by Crippen LogP contribution is -2.29. The van der Waals surface area contributed by atoms with Crippen molar-refractivity contribution < 1.29 is 9.90 Å². The van der Waals surface area contributed by atoms with E-state index < -0.39 is 12.0 Å². The summed E-state index contributed by atoms with van der Waals surface area (Å²) in [5.74, 6) is -0.784. The molecule has 2 N–H and O–H groups in total. The molecule has 1 heterocycles. The smallest absolute Gasteiger partial charge is 0.326 e. The molecule has 1 unspecified atom stereocenters. The maximum atomic E-state index is 10.2. The second-order valence-electron chi connectivity index (χ2n) is 2.18. The van der Waals surface area contributed by atoms with E-state index in [1.807, 2.05) is 0 Å². The van der Waals surface area contributed by atoms with Crippen molar-refractivity contribution in [2.75, 3.05) is 0 Å². The van der Waals surface area contributed by atoms with Gasteiger partial charge >= 0.3 is 5.97 Å². The summed E-state index contributed by atoms with van der Waals surface area (Å²) in [5, 5.41) is 11.2. The zero-order valence-corrected chi connectivity index (χ0v) is 5.05. The Labute approximate surface area is 53.4 Å². The molecule has 0 aliphatic carbocycles. The van der Waals surface area contributed by atoms with Crippen molar-refractivity contribution in [3.8, 4) is 0 Å². The summed E-state index contributed by atoms with van der Waals surface area (Å²) in [7, 11) is 0. The van der Waals surface area contributed by atoms with Crippen molar-refractivity contribution >= 4 is 5.97 Å². The summed E-state index contributed by atoms with van der Waals surface area (Å²) in [6, 6.07) is -0.391. The van der Waals surface area contributed by atoms with Crippen molar-refractivity contribution in [3.63, 3.8) is 0 Å². The van der Waals surface area contributed by atoms with Gasteiger partial charge in [0, 0.05) is 5.70 Å². The maximum absolute atomic E-state index is 10.2. The number of hydrogen-bond acceptors (Lipinski definition) is 2. The third-order valence-corrected chi connectivity index (χ3v) is 1.41. The van der Waals surface area contributed by atoms with E-state index >= 15 is 0 Å². The highest BCUT2D eigenvalue weighted by molar-refractivity contribution is 5.74. The fourth-order valence-corrected chi connectivity index (χ4v) is 0.895. The lowest BCUT2D eigenvalue weighted by atomic mass is 10.2.